The monoisotopic (exact) mass is 145 g/mol. The molecule has 1 heterocycles. The Kier molecular flexibility index (Phi) is 1.66. The molecule has 1 atom stereocenters. The SMILES string of the molecule is CC1(C)CNC(=O)C(O)O1. The van der Waals surface area contributed by atoms with Crippen molar-refractivity contribution in [3.05, 3.63) is 0 Å². The van der Waals surface area contributed by atoms with Crippen molar-refractivity contribution in [2.75, 3.05) is 6.54 Å². The molecule has 0 aromatic rings. The Balaban J connectivity index is 2.57. The first-order valence-electron chi connectivity index (χ1n) is 3.15. The van der Waals surface area contributed by atoms with Crippen LogP contribution in [-0.4, -0.2) is 29.4 Å². The van der Waals surface area contributed by atoms with Crippen LogP contribution in [0.1, 0.15) is 13.8 Å². The van der Waals surface area contributed by atoms with Gasteiger partial charge in [-0.05, 0) is 13.8 Å². The predicted molar refractivity (Wildman–Crippen MR) is 34.2 cm³/mol. The van der Waals surface area contributed by atoms with Crippen molar-refractivity contribution in [2.45, 2.75) is 25.7 Å². The highest BCUT2D eigenvalue weighted by Crippen LogP contribution is 2.13. The van der Waals surface area contributed by atoms with E-state index in [1.807, 2.05) is 0 Å². The lowest BCUT2D eigenvalue weighted by Crippen LogP contribution is -2.54. The summed E-state index contributed by atoms with van der Waals surface area (Å²) in [5, 5.41) is 11.4. The molecule has 4 nitrogen and oxygen atoms in total. The van der Waals surface area contributed by atoms with Crippen molar-refractivity contribution in [1.82, 2.24) is 5.32 Å². The zero-order valence-corrected chi connectivity index (χ0v) is 6.05. The van der Waals surface area contributed by atoms with E-state index < -0.39 is 17.8 Å². The Morgan fingerprint density at radius 3 is 2.80 bits per heavy atom. The lowest BCUT2D eigenvalue weighted by molar-refractivity contribution is -0.200. The number of hydrogen-bond donors (Lipinski definition) is 2. The van der Waals surface area contributed by atoms with Crippen molar-refractivity contribution >= 4 is 5.91 Å². The molecule has 0 radical (unpaired) electrons. The van der Waals surface area contributed by atoms with Gasteiger partial charge in [0, 0.05) is 6.54 Å². The zero-order valence-electron chi connectivity index (χ0n) is 6.05. The molecule has 1 aliphatic rings. The molecule has 4 heteroatoms. The van der Waals surface area contributed by atoms with Gasteiger partial charge in [0.2, 0.25) is 6.29 Å². The summed E-state index contributed by atoms with van der Waals surface area (Å²) >= 11 is 0. The minimum atomic E-state index is -1.30. The number of aliphatic hydroxyl groups excluding tert-OH is 1. The number of aliphatic hydroxyl groups is 1. The maximum Gasteiger partial charge on any atom is 0.276 e. The summed E-state index contributed by atoms with van der Waals surface area (Å²) < 4.78 is 4.93. The second-order valence-corrected chi connectivity index (χ2v) is 2.95. The highest BCUT2D eigenvalue weighted by atomic mass is 16.6. The Hall–Kier alpha value is -0.610. The van der Waals surface area contributed by atoms with Crippen LogP contribution in [0.5, 0.6) is 0 Å². The average molecular weight is 145 g/mol. The second-order valence-electron chi connectivity index (χ2n) is 2.95. The number of hydrogen-bond acceptors (Lipinski definition) is 3. The molecule has 1 aliphatic heterocycles. The predicted octanol–water partition coefficient (Wildman–Crippen LogP) is -0.770. The molecule has 1 amide bonds. The first kappa shape index (κ1) is 7.50. The molecule has 1 rings (SSSR count). The molecule has 0 spiro atoms. The zero-order chi connectivity index (χ0) is 7.78. The molecule has 0 bridgehead atoms. The summed E-state index contributed by atoms with van der Waals surface area (Å²) in [7, 11) is 0. The van der Waals surface area contributed by atoms with Crippen LogP contribution >= 0.6 is 0 Å². The third-order valence-corrected chi connectivity index (χ3v) is 1.34. The second kappa shape index (κ2) is 2.21. The van der Waals surface area contributed by atoms with E-state index in [-0.39, 0.29) is 0 Å². The van der Waals surface area contributed by atoms with E-state index >= 15 is 0 Å². The van der Waals surface area contributed by atoms with Crippen LogP contribution in [0.4, 0.5) is 0 Å². The fraction of sp³-hybridized carbons (Fsp3) is 0.833. The third-order valence-electron chi connectivity index (χ3n) is 1.34. The van der Waals surface area contributed by atoms with Gasteiger partial charge in [-0.25, -0.2) is 0 Å². The summed E-state index contributed by atoms with van der Waals surface area (Å²) in [6.07, 6.45) is -1.30. The molecule has 58 valence electrons. The molecule has 0 aromatic heterocycles. The number of ether oxygens (including phenoxy) is 1. The Morgan fingerprint density at radius 2 is 2.40 bits per heavy atom. The molecule has 2 N–H and O–H groups in total. The average Bonchev–Trinajstić information content (AvgIpc) is 1.79. The smallest absolute Gasteiger partial charge is 0.276 e. The maximum absolute atomic E-state index is 10.6. The number of carbonyl (C=O) groups is 1. The molecule has 0 aromatic carbocycles. The van der Waals surface area contributed by atoms with Gasteiger partial charge in [0.05, 0.1) is 5.60 Å². The van der Waals surface area contributed by atoms with Crippen LogP contribution in [0.2, 0.25) is 0 Å². The summed E-state index contributed by atoms with van der Waals surface area (Å²) in [5.41, 5.74) is -0.451. The quantitative estimate of drug-likeness (QED) is 0.470. The van der Waals surface area contributed by atoms with Gasteiger partial charge in [-0.2, -0.15) is 0 Å². The van der Waals surface area contributed by atoms with Crippen molar-refractivity contribution < 1.29 is 14.6 Å². The number of rotatable bonds is 0. The van der Waals surface area contributed by atoms with E-state index in [1.54, 1.807) is 13.8 Å². The van der Waals surface area contributed by atoms with E-state index in [9.17, 15) is 4.79 Å². The standard InChI is InChI=1S/C6H11NO3/c1-6(2)3-7-4(8)5(9)10-6/h5,9H,3H2,1-2H3,(H,7,8). The topological polar surface area (TPSA) is 58.6 Å². The fourth-order valence-corrected chi connectivity index (χ4v) is 0.785. The van der Waals surface area contributed by atoms with E-state index in [2.05, 4.69) is 5.32 Å². The van der Waals surface area contributed by atoms with Crippen LogP contribution < -0.4 is 5.32 Å². The van der Waals surface area contributed by atoms with Crippen LogP contribution in [0.25, 0.3) is 0 Å². The van der Waals surface area contributed by atoms with Crippen molar-refractivity contribution in [2.24, 2.45) is 0 Å². The Labute approximate surface area is 59.2 Å². The Bertz CT molecular complexity index is 155. The summed E-state index contributed by atoms with van der Waals surface area (Å²) in [4.78, 5) is 10.6. The van der Waals surface area contributed by atoms with Gasteiger partial charge >= 0.3 is 0 Å². The summed E-state index contributed by atoms with van der Waals surface area (Å²) in [6.45, 7) is 4.05. The van der Waals surface area contributed by atoms with Gasteiger partial charge in [0.15, 0.2) is 0 Å². The molecular weight excluding hydrogens is 134 g/mol. The van der Waals surface area contributed by atoms with Crippen LogP contribution in [0, 0.1) is 0 Å². The largest absolute Gasteiger partial charge is 0.360 e. The van der Waals surface area contributed by atoms with Gasteiger partial charge in [0.25, 0.3) is 5.91 Å². The first-order valence-corrected chi connectivity index (χ1v) is 3.15. The van der Waals surface area contributed by atoms with Gasteiger partial charge in [-0.15, -0.1) is 0 Å². The normalized spacial score (nSPS) is 31.5. The lowest BCUT2D eigenvalue weighted by atomic mass is 10.1. The summed E-state index contributed by atoms with van der Waals surface area (Å²) in [5.74, 6) is -0.459. The minimum absolute atomic E-state index is 0.447. The Morgan fingerprint density at radius 1 is 1.80 bits per heavy atom. The fourth-order valence-electron chi connectivity index (χ4n) is 0.785. The van der Waals surface area contributed by atoms with Gasteiger partial charge in [-0.3, -0.25) is 4.79 Å². The number of carbonyl (C=O) groups excluding carboxylic acids is 1. The van der Waals surface area contributed by atoms with Crippen LogP contribution in [0.15, 0.2) is 0 Å². The highest BCUT2D eigenvalue weighted by Gasteiger charge is 2.32. The van der Waals surface area contributed by atoms with E-state index in [0.29, 0.717) is 6.54 Å². The van der Waals surface area contributed by atoms with Crippen molar-refractivity contribution in [3.8, 4) is 0 Å². The minimum Gasteiger partial charge on any atom is -0.360 e. The molecule has 0 saturated carbocycles. The molecule has 10 heavy (non-hydrogen) atoms. The van der Waals surface area contributed by atoms with Gasteiger partial charge < -0.3 is 15.2 Å². The lowest BCUT2D eigenvalue weighted by Gasteiger charge is -2.32. The highest BCUT2D eigenvalue weighted by molar-refractivity contribution is 5.79. The number of amides is 1. The van der Waals surface area contributed by atoms with Gasteiger partial charge in [0.1, 0.15) is 0 Å². The molecule has 0 aliphatic carbocycles. The maximum atomic E-state index is 10.6. The van der Waals surface area contributed by atoms with Crippen LogP contribution in [-0.2, 0) is 9.53 Å². The van der Waals surface area contributed by atoms with Gasteiger partial charge in [-0.1, -0.05) is 0 Å². The molecule has 1 saturated heterocycles. The van der Waals surface area contributed by atoms with E-state index in [4.69, 9.17) is 9.84 Å². The van der Waals surface area contributed by atoms with E-state index in [1.165, 1.54) is 0 Å². The van der Waals surface area contributed by atoms with Crippen molar-refractivity contribution in [1.29, 1.82) is 0 Å². The van der Waals surface area contributed by atoms with Crippen LogP contribution in [0.3, 0.4) is 0 Å². The molecule has 1 unspecified atom stereocenters. The number of morpholine rings is 1. The summed E-state index contributed by atoms with van der Waals surface area (Å²) in [6, 6.07) is 0. The third kappa shape index (κ3) is 1.46. The first-order chi connectivity index (χ1) is 4.51. The van der Waals surface area contributed by atoms with E-state index in [0.717, 1.165) is 0 Å². The molecular formula is C6H11NO3. The number of nitrogens with one attached hydrogen (secondary N) is 1. The molecule has 1 fully saturated rings. The van der Waals surface area contributed by atoms with Crippen molar-refractivity contribution in [3.63, 3.8) is 0 Å².